The summed E-state index contributed by atoms with van der Waals surface area (Å²) in [6.07, 6.45) is 0. The van der Waals surface area contributed by atoms with E-state index in [1.54, 1.807) is 0 Å². The summed E-state index contributed by atoms with van der Waals surface area (Å²) in [7, 11) is -4.53. The van der Waals surface area contributed by atoms with Crippen molar-refractivity contribution in [3.05, 3.63) is 33.3 Å². The summed E-state index contributed by atoms with van der Waals surface area (Å²) in [4.78, 5) is 8.84. The standard InChI is InChI=1S/C6H4ClNO5S/c7-6-4(8(9)10)2-1-3-5(6)14(11,12)13/h1-3H,(H,11,12,13). The Morgan fingerprint density at radius 2 is 2.00 bits per heavy atom. The molecule has 0 heterocycles. The lowest BCUT2D eigenvalue weighted by molar-refractivity contribution is -0.384. The normalized spacial score (nSPS) is 11.3. The molecule has 0 spiro atoms. The van der Waals surface area contributed by atoms with E-state index in [1.807, 2.05) is 0 Å². The zero-order valence-electron chi connectivity index (χ0n) is 6.55. The van der Waals surface area contributed by atoms with Gasteiger partial charge in [0.25, 0.3) is 15.8 Å². The number of hydrogen-bond acceptors (Lipinski definition) is 4. The number of halogens is 1. The Bertz CT molecular complexity index is 483. The van der Waals surface area contributed by atoms with Gasteiger partial charge >= 0.3 is 0 Å². The third-order valence-electron chi connectivity index (χ3n) is 1.42. The van der Waals surface area contributed by atoms with Crippen molar-refractivity contribution in [2.45, 2.75) is 4.90 Å². The van der Waals surface area contributed by atoms with Crippen molar-refractivity contribution in [3.8, 4) is 0 Å². The van der Waals surface area contributed by atoms with Crippen LogP contribution in [0, 0.1) is 10.1 Å². The predicted octanol–water partition coefficient (Wildman–Crippen LogP) is 1.49. The van der Waals surface area contributed by atoms with Crippen LogP contribution < -0.4 is 0 Å². The highest BCUT2D eigenvalue weighted by atomic mass is 35.5. The van der Waals surface area contributed by atoms with Crippen molar-refractivity contribution in [1.29, 1.82) is 0 Å². The summed E-state index contributed by atoms with van der Waals surface area (Å²) in [5.41, 5.74) is -0.568. The minimum absolute atomic E-state index is 0.568. The van der Waals surface area contributed by atoms with Crippen LogP contribution in [-0.4, -0.2) is 17.9 Å². The van der Waals surface area contributed by atoms with Gasteiger partial charge in [-0.25, -0.2) is 0 Å². The van der Waals surface area contributed by atoms with Gasteiger partial charge in [0.2, 0.25) is 0 Å². The molecular formula is C6H4ClNO5S. The first-order valence-electron chi connectivity index (χ1n) is 3.24. The summed E-state index contributed by atoms with van der Waals surface area (Å²) < 4.78 is 30.0. The molecule has 0 saturated heterocycles. The second-order valence-electron chi connectivity index (χ2n) is 2.32. The molecule has 0 aliphatic carbocycles. The summed E-state index contributed by atoms with van der Waals surface area (Å²) >= 11 is 5.41. The number of rotatable bonds is 2. The molecule has 1 rings (SSSR count). The topological polar surface area (TPSA) is 97.5 Å². The van der Waals surface area contributed by atoms with Gasteiger partial charge in [-0.3, -0.25) is 14.7 Å². The molecule has 1 N–H and O–H groups in total. The van der Waals surface area contributed by atoms with Crippen LogP contribution in [0.15, 0.2) is 23.1 Å². The van der Waals surface area contributed by atoms with Crippen LogP contribution in [-0.2, 0) is 10.1 Å². The van der Waals surface area contributed by atoms with Gasteiger partial charge in [-0.2, -0.15) is 8.42 Å². The number of nitrogens with zero attached hydrogens (tertiary/aromatic N) is 1. The zero-order chi connectivity index (χ0) is 10.9. The maximum Gasteiger partial charge on any atom is 0.296 e. The van der Waals surface area contributed by atoms with E-state index in [0.29, 0.717) is 0 Å². The number of benzene rings is 1. The molecule has 0 amide bonds. The Balaban J connectivity index is 3.51. The molecule has 0 aliphatic heterocycles. The minimum atomic E-state index is -4.53. The molecule has 0 bridgehead atoms. The highest BCUT2D eigenvalue weighted by molar-refractivity contribution is 7.86. The van der Waals surface area contributed by atoms with Crippen molar-refractivity contribution in [1.82, 2.24) is 0 Å². The smallest absolute Gasteiger partial charge is 0.282 e. The van der Waals surface area contributed by atoms with E-state index in [1.165, 1.54) is 0 Å². The first-order valence-corrected chi connectivity index (χ1v) is 5.06. The molecule has 0 unspecified atom stereocenters. The maximum atomic E-state index is 10.7. The van der Waals surface area contributed by atoms with Crippen LogP contribution in [0.4, 0.5) is 5.69 Å². The van der Waals surface area contributed by atoms with Crippen LogP contribution in [0.25, 0.3) is 0 Å². The Morgan fingerprint density at radius 3 is 2.43 bits per heavy atom. The molecule has 0 radical (unpaired) electrons. The molecule has 8 heteroatoms. The Labute approximate surface area is 84.0 Å². The largest absolute Gasteiger partial charge is 0.296 e. The molecule has 1 aromatic rings. The molecule has 0 fully saturated rings. The lowest BCUT2D eigenvalue weighted by atomic mass is 10.3. The molecule has 0 aromatic heterocycles. The van der Waals surface area contributed by atoms with Gasteiger partial charge in [-0.1, -0.05) is 17.7 Å². The van der Waals surface area contributed by atoms with Gasteiger partial charge in [-0.15, -0.1) is 0 Å². The SMILES string of the molecule is O=[N+]([O-])c1cccc(S(=O)(=O)O)c1Cl. The third kappa shape index (κ3) is 2.00. The minimum Gasteiger partial charge on any atom is -0.282 e. The highest BCUT2D eigenvalue weighted by Crippen LogP contribution is 2.30. The summed E-state index contributed by atoms with van der Waals surface area (Å²) in [6, 6.07) is 3.13. The van der Waals surface area contributed by atoms with Crippen molar-refractivity contribution in [2.24, 2.45) is 0 Å². The second kappa shape index (κ2) is 3.52. The first-order chi connectivity index (χ1) is 6.34. The molecule has 0 aliphatic rings. The van der Waals surface area contributed by atoms with Gasteiger partial charge in [0.05, 0.1) is 4.92 Å². The monoisotopic (exact) mass is 237 g/mol. The fourth-order valence-corrected chi connectivity index (χ4v) is 1.91. The average molecular weight is 238 g/mol. The quantitative estimate of drug-likeness (QED) is 0.477. The van der Waals surface area contributed by atoms with Gasteiger partial charge in [0, 0.05) is 6.07 Å². The molecule has 76 valence electrons. The van der Waals surface area contributed by atoms with Crippen LogP contribution in [0.5, 0.6) is 0 Å². The Hall–Kier alpha value is -1.18. The van der Waals surface area contributed by atoms with Gasteiger partial charge in [0.15, 0.2) is 0 Å². The van der Waals surface area contributed by atoms with Crippen molar-refractivity contribution in [3.63, 3.8) is 0 Å². The Kier molecular flexibility index (Phi) is 2.74. The van der Waals surface area contributed by atoms with Crippen LogP contribution >= 0.6 is 11.6 Å². The molecule has 1 aromatic carbocycles. The molecule has 14 heavy (non-hydrogen) atoms. The lowest BCUT2D eigenvalue weighted by Gasteiger charge is -1.99. The van der Waals surface area contributed by atoms with E-state index in [9.17, 15) is 18.5 Å². The van der Waals surface area contributed by atoms with Crippen molar-refractivity contribution < 1.29 is 17.9 Å². The fourth-order valence-electron chi connectivity index (χ4n) is 0.839. The van der Waals surface area contributed by atoms with Gasteiger partial charge in [-0.05, 0) is 6.07 Å². The molecule has 6 nitrogen and oxygen atoms in total. The van der Waals surface area contributed by atoms with E-state index in [0.717, 1.165) is 18.2 Å². The first kappa shape index (κ1) is 10.9. The molecular weight excluding hydrogens is 234 g/mol. The third-order valence-corrected chi connectivity index (χ3v) is 2.82. The average Bonchev–Trinajstić information content (AvgIpc) is 2.01. The zero-order valence-corrected chi connectivity index (χ0v) is 8.12. The van der Waals surface area contributed by atoms with Gasteiger partial charge in [0.1, 0.15) is 9.92 Å². The van der Waals surface area contributed by atoms with E-state index < -0.39 is 30.6 Å². The maximum absolute atomic E-state index is 10.7. The number of nitro groups is 1. The van der Waals surface area contributed by atoms with Crippen molar-refractivity contribution in [2.75, 3.05) is 0 Å². The summed E-state index contributed by atoms with van der Waals surface area (Å²) in [5, 5.41) is 9.75. The fraction of sp³-hybridized carbons (Fsp3) is 0. The summed E-state index contributed by atoms with van der Waals surface area (Å²) in [6.45, 7) is 0. The number of hydrogen-bond donors (Lipinski definition) is 1. The highest BCUT2D eigenvalue weighted by Gasteiger charge is 2.22. The van der Waals surface area contributed by atoms with E-state index in [4.69, 9.17) is 16.2 Å². The second-order valence-corrected chi connectivity index (χ2v) is 4.09. The van der Waals surface area contributed by atoms with E-state index in [-0.39, 0.29) is 0 Å². The van der Waals surface area contributed by atoms with Crippen LogP contribution in [0.2, 0.25) is 5.02 Å². The van der Waals surface area contributed by atoms with Crippen LogP contribution in [0.3, 0.4) is 0 Å². The van der Waals surface area contributed by atoms with Gasteiger partial charge < -0.3 is 0 Å². The predicted molar refractivity (Wildman–Crippen MR) is 47.9 cm³/mol. The lowest BCUT2D eigenvalue weighted by Crippen LogP contribution is -2.00. The number of nitro benzene ring substituents is 1. The molecule has 0 atom stereocenters. The van der Waals surface area contributed by atoms with E-state index >= 15 is 0 Å². The van der Waals surface area contributed by atoms with E-state index in [2.05, 4.69) is 0 Å². The molecule has 0 saturated carbocycles. The summed E-state index contributed by atoms with van der Waals surface area (Å²) in [5.74, 6) is 0. The van der Waals surface area contributed by atoms with Crippen LogP contribution in [0.1, 0.15) is 0 Å². The van der Waals surface area contributed by atoms with Crippen molar-refractivity contribution >= 4 is 27.4 Å². The Morgan fingerprint density at radius 1 is 1.43 bits per heavy atom.